The summed E-state index contributed by atoms with van der Waals surface area (Å²) in [5.74, 6) is -1.02. The lowest BCUT2D eigenvalue weighted by atomic mass is 10.1. The van der Waals surface area contributed by atoms with Crippen LogP contribution in [0, 0.1) is 0 Å². The first-order valence-electron chi connectivity index (χ1n) is 5.62. The van der Waals surface area contributed by atoms with Crippen LogP contribution in [0.2, 0.25) is 0 Å². The largest absolute Gasteiger partial charge is 0.455 e. The van der Waals surface area contributed by atoms with Crippen LogP contribution in [-0.4, -0.2) is 36.5 Å². The molecule has 2 atom stereocenters. The van der Waals surface area contributed by atoms with E-state index in [9.17, 15) is 14.4 Å². The molecule has 6 nitrogen and oxygen atoms in total. The molecule has 0 heterocycles. The van der Waals surface area contributed by atoms with E-state index >= 15 is 0 Å². The summed E-state index contributed by atoms with van der Waals surface area (Å²) in [5, 5.41) is 5.16. The van der Waals surface area contributed by atoms with Gasteiger partial charge in [-0.3, -0.25) is 9.59 Å². The fourth-order valence-electron chi connectivity index (χ4n) is 1.22. The summed E-state index contributed by atoms with van der Waals surface area (Å²) in [4.78, 5) is 33.3. The fourth-order valence-corrected chi connectivity index (χ4v) is 1.22. The number of hydrogen-bond acceptors (Lipinski definition) is 4. The SMILES string of the molecule is C=C(C)C(=O)OC(CNC(C)=O)C(C)NC(C)=O. The number of carbonyl (C=O) groups excluding carboxylic acids is 3. The molecule has 0 aliphatic heterocycles. The zero-order valence-electron chi connectivity index (χ0n) is 11.2. The highest BCUT2D eigenvalue weighted by Gasteiger charge is 2.22. The van der Waals surface area contributed by atoms with E-state index in [-0.39, 0.29) is 23.9 Å². The van der Waals surface area contributed by atoms with Gasteiger partial charge in [-0.25, -0.2) is 4.79 Å². The summed E-state index contributed by atoms with van der Waals surface area (Å²) in [7, 11) is 0. The second-order valence-electron chi connectivity index (χ2n) is 4.15. The van der Waals surface area contributed by atoms with E-state index in [0.29, 0.717) is 0 Å². The molecule has 0 fully saturated rings. The lowest BCUT2D eigenvalue weighted by Crippen LogP contribution is -2.48. The molecule has 0 aromatic rings. The first-order chi connectivity index (χ1) is 8.23. The third-order valence-corrected chi connectivity index (χ3v) is 2.15. The quantitative estimate of drug-likeness (QED) is 0.523. The van der Waals surface area contributed by atoms with E-state index < -0.39 is 18.1 Å². The minimum absolute atomic E-state index is 0.135. The molecule has 2 unspecified atom stereocenters. The van der Waals surface area contributed by atoms with Crippen LogP contribution < -0.4 is 10.6 Å². The molecule has 2 amide bonds. The van der Waals surface area contributed by atoms with Crippen LogP contribution in [0.15, 0.2) is 12.2 Å². The molecule has 0 aliphatic rings. The van der Waals surface area contributed by atoms with Crippen molar-refractivity contribution >= 4 is 17.8 Å². The Kier molecular flexibility index (Phi) is 6.70. The molecule has 0 saturated heterocycles. The predicted octanol–water partition coefficient (Wildman–Crippen LogP) is 0.135. The standard InChI is InChI=1S/C12H20N2O4/c1-7(2)12(17)18-11(6-13-9(4)15)8(3)14-10(5)16/h8,11H,1,6H2,2-5H3,(H,13,15)(H,14,16). The summed E-state index contributed by atoms with van der Waals surface area (Å²) < 4.78 is 5.16. The second kappa shape index (κ2) is 7.47. The topological polar surface area (TPSA) is 84.5 Å². The summed E-state index contributed by atoms with van der Waals surface area (Å²) in [5.41, 5.74) is 0.262. The van der Waals surface area contributed by atoms with Crippen molar-refractivity contribution in [1.29, 1.82) is 0 Å². The highest BCUT2D eigenvalue weighted by Crippen LogP contribution is 2.03. The minimum Gasteiger partial charge on any atom is -0.455 e. The Morgan fingerprint density at radius 1 is 1.17 bits per heavy atom. The van der Waals surface area contributed by atoms with Crippen LogP contribution in [0.25, 0.3) is 0 Å². The van der Waals surface area contributed by atoms with Gasteiger partial charge in [0.2, 0.25) is 11.8 Å². The molecule has 0 aromatic carbocycles. The molecule has 0 rings (SSSR count). The zero-order valence-corrected chi connectivity index (χ0v) is 11.2. The maximum absolute atomic E-state index is 11.4. The van der Waals surface area contributed by atoms with E-state index in [2.05, 4.69) is 17.2 Å². The van der Waals surface area contributed by atoms with Crippen molar-refractivity contribution in [2.75, 3.05) is 6.54 Å². The molecule has 0 spiro atoms. The molecule has 0 radical (unpaired) electrons. The molecule has 2 N–H and O–H groups in total. The summed E-state index contributed by atoms with van der Waals surface area (Å²) in [6.07, 6.45) is -0.637. The third-order valence-electron chi connectivity index (χ3n) is 2.15. The van der Waals surface area contributed by atoms with Crippen molar-refractivity contribution in [3.05, 3.63) is 12.2 Å². The van der Waals surface area contributed by atoms with Crippen LogP contribution in [0.5, 0.6) is 0 Å². The lowest BCUT2D eigenvalue weighted by Gasteiger charge is -2.24. The van der Waals surface area contributed by atoms with Gasteiger partial charge in [0.05, 0.1) is 12.6 Å². The van der Waals surface area contributed by atoms with Crippen molar-refractivity contribution in [3.8, 4) is 0 Å². The summed E-state index contributed by atoms with van der Waals surface area (Å²) in [6, 6.07) is -0.405. The number of esters is 1. The molecule has 0 bridgehead atoms. The number of carbonyl (C=O) groups is 3. The molecule has 18 heavy (non-hydrogen) atoms. The van der Waals surface area contributed by atoms with Crippen molar-refractivity contribution in [2.24, 2.45) is 0 Å². The van der Waals surface area contributed by atoms with Crippen LogP contribution in [0.4, 0.5) is 0 Å². The number of rotatable bonds is 6. The molecular formula is C12H20N2O4. The molecule has 0 aromatic heterocycles. The average Bonchev–Trinajstić information content (AvgIpc) is 2.21. The van der Waals surface area contributed by atoms with Gasteiger partial charge in [-0.2, -0.15) is 0 Å². The normalized spacial score (nSPS) is 13.1. The van der Waals surface area contributed by atoms with Gasteiger partial charge in [0, 0.05) is 19.4 Å². The summed E-state index contributed by atoms with van der Waals surface area (Å²) >= 11 is 0. The van der Waals surface area contributed by atoms with Gasteiger partial charge in [0.25, 0.3) is 0 Å². The minimum atomic E-state index is -0.637. The zero-order chi connectivity index (χ0) is 14.3. The van der Waals surface area contributed by atoms with Gasteiger partial charge in [0.1, 0.15) is 6.10 Å². The van der Waals surface area contributed by atoms with Gasteiger partial charge in [0.15, 0.2) is 0 Å². The molecule has 6 heteroatoms. The number of ether oxygens (including phenoxy) is 1. The van der Waals surface area contributed by atoms with E-state index in [1.807, 2.05) is 0 Å². The van der Waals surface area contributed by atoms with E-state index in [1.54, 1.807) is 6.92 Å². The fraction of sp³-hybridized carbons (Fsp3) is 0.583. The average molecular weight is 256 g/mol. The molecular weight excluding hydrogens is 236 g/mol. The number of amides is 2. The Hall–Kier alpha value is -1.85. The lowest BCUT2D eigenvalue weighted by molar-refractivity contribution is -0.146. The Balaban J connectivity index is 4.59. The second-order valence-corrected chi connectivity index (χ2v) is 4.15. The van der Waals surface area contributed by atoms with Crippen LogP contribution in [0.1, 0.15) is 27.7 Å². The highest BCUT2D eigenvalue weighted by molar-refractivity contribution is 5.87. The van der Waals surface area contributed by atoms with E-state index in [4.69, 9.17) is 4.74 Å². The van der Waals surface area contributed by atoms with Gasteiger partial charge in [-0.05, 0) is 13.8 Å². The number of hydrogen-bond donors (Lipinski definition) is 2. The Bertz CT molecular complexity index is 352. The third kappa shape index (κ3) is 6.67. The van der Waals surface area contributed by atoms with Gasteiger partial charge >= 0.3 is 5.97 Å². The van der Waals surface area contributed by atoms with E-state index in [0.717, 1.165) is 0 Å². The molecule has 0 saturated carbocycles. The van der Waals surface area contributed by atoms with Crippen molar-refractivity contribution in [1.82, 2.24) is 10.6 Å². The first-order valence-corrected chi connectivity index (χ1v) is 5.62. The summed E-state index contributed by atoms with van der Waals surface area (Å²) in [6.45, 7) is 9.56. The smallest absolute Gasteiger partial charge is 0.333 e. The van der Waals surface area contributed by atoms with Gasteiger partial charge < -0.3 is 15.4 Å². The van der Waals surface area contributed by atoms with Crippen LogP contribution >= 0.6 is 0 Å². The van der Waals surface area contributed by atoms with Crippen molar-refractivity contribution < 1.29 is 19.1 Å². The Morgan fingerprint density at radius 2 is 1.72 bits per heavy atom. The van der Waals surface area contributed by atoms with Crippen LogP contribution in [0.3, 0.4) is 0 Å². The monoisotopic (exact) mass is 256 g/mol. The highest BCUT2D eigenvalue weighted by atomic mass is 16.5. The number of nitrogens with one attached hydrogen (secondary N) is 2. The van der Waals surface area contributed by atoms with Gasteiger partial charge in [-0.15, -0.1) is 0 Å². The van der Waals surface area contributed by atoms with Crippen molar-refractivity contribution in [2.45, 2.75) is 39.8 Å². The maximum Gasteiger partial charge on any atom is 0.333 e. The molecule has 102 valence electrons. The predicted molar refractivity (Wildman–Crippen MR) is 66.7 cm³/mol. The van der Waals surface area contributed by atoms with Crippen LogP contribution in [-0.2, 0) is 19.1 Å². The van der Waals surface area contributed by atoms with E-state index in [1.165, 1.54) is 20.8 Å². The Labute approximate surface area is 107 Å². The molecule has 0 aliphatic carbocycles. The van der Waals surface area contributed by atoms with Gasteiger partial charge in [-0.1, -0.05) is 6.58 Å². The maximum atomic E-state index is 11.4. The Morgan fingerprint density at radius 3 is 2.11 bits per heavy atom. The first kappa shape index (κ1) is 16.1. The van der Waals surface area contributed by atoms with Crippen molar-refractivity contribution in [3.63, 3.8) is 0 Å².